The fourth-order valence-electron chi connectivity index (χ4n) is 1.19. The number of phenols is 1. The van der Waals surface area contributed by atoms with Gasteiger partial charge in [0, 0.05) is 18.4 Å². The summed E-state index contributed by atoms with van der Waals surface area (Å²) in [6, 6.07) is 4.61. The third kappa shape index (κ3) is 3.34. The van der Waals surface area contributed by atoms with E-state index in [-0.39, 0.29) is 17.2 Å². The van der Waals surface area contributed by atoms with Crippen molar-refractivity contribution in [3.8, 4) is 11.5 Å². The largest absolute Gasteiger partial charge is 0.507 e. The molecular weight excluding hydrogens is 226 g/mol. The van der Waals surface area contributed by atoms with Gasteiger partial charge in [0.1, 0.15) is 11.5 Å². The molecule has 2 N–H and O–H groups in total. The molecule has 0 saturated heterocycles. The highest BCUT2D eigenvalue weighted by Crippen LogP contribution is 2.23. The summed E-state index contributed by atoms with van der Waals surface area (Å²) in [5, 5.41) is 12.3. The van der Waals surface area contributed by atoms with Crippen LogP contribution >= 0.6 is 11.8 Å². The highest BCUT2D eigenvalue weighted by molar-refractivity contribution is 7.98. The summed E-state index contributed by atoms with van der Waals surface area (Å²) in [4.78, 5) is 11.6. The predicted molar refractivity (Wildman–Crippen MR) is 65.4 cm³/mol. The van der Waals surface area contributed by atoms with Crippen LogP contribution < -0.4 is 10.1 Å². The number of hydrogen-bond donors (Lipinski definition) is 2. The lowest BCUT2D eigenvalue weighted by Gasteiger charge is -2.07. The van der Waals surface area contributed by atoms with E-state index >= 15 is 0 Å². The van der Waals surface area contributed by atoms with Crippen molar-refractivity contribution in [2.75, 3.05) is 25.7 Å². The number of carbonyl (C=O) groups is 1. The average Bonchev–Trinajstić information content (AvgIpc) is 2.29. The maximum absolute atomic E-state index is 11.6. The molecule has 1 aromatic carbocycles. The molecule has 0 unspecified atom stereocenters. The van der Waals surface area contributed by atoms with Gasteiger partial charge in [0.25, 0.3) is 5.91 Å². The summed E-state index contributed by atoms with van der Waals surface area (Å²) in [7, 11) is 1.51. The molecular formula is C11H15NO3S. The minimum atomic E-state index is -0.269. The normalized spacial score (nSPS) is 9.88. The van der Waals surface area contributed by atoms with Gasteiger partial charge in [0.15, 0.2) is 0 Å². The fraction of sp³-hybridized carbons (Fsp3) is 0.364. The van der Waals surface area contributed by atoms with E-state index in [1.165, 1.54) is 13.2 Å². The zero-order valence-corrected chi connectivity index (χ0v) is 10.1. The van der Waals surface area contributed by atoms with E-state index in [9.17, 15) is 9.90 Å². The molecule has 0 spiro atoms. The van der Waals surface area contributed by atoms with Gasteiger partial charge in [-0.15, -0.1) is 0 Å². The van der Waals surface area contributed by atoms with Gasteiger partial charge in [0.2, 0.25) is 0 Å². The van der Waals surface area contributed by atoms with Crippen molar-refractivity contribution in [1.82, 2.24) is 5.32 Å². The smallest absolute Gasteiger partial charge is 0.255 e. The second-order valence-electron chi connectivity index (χ2n) is 3.13. The number of ether oxygens (including phenoxy) is 1. The van der Waals surface area contributed by atoms with Crippen LogP contribution in [0.5, 0.6) is 11.5 Å². The number of amides is 1. The Hall–Kier alpha value is -1.36. The summed E-state index contributed by atoms with van der Waals surface area (Å²) >= 11 is 1.65. The van der Waals surface area contributed by atoms with Gasteiger partial charge < -0.3 is 15.2 Å². The van der Waals surface area contributed by atoms with Gasteiger partial charge in [-0.25, -0.2) is 0 Å². The molecule has 0 heterocycles. The second kappa shape index (κ2) is 6.27. The lowest BCUT2D eigenvalue weighted by Crippen LogP contribution is -2.25. The molecule has 1 aromatic rings. The minimum Gasteiger partial charge on any atom is -0.507 e. The van der Waals surface area contributed by atoms with Crippen LogP contribution in [0.4, 0.5) is 0 Å². The van der Waals surface area contributed by atoms with Crippen molar-refractivity contribution in [3.05, 3.63) is 23.8 Å². The maximum atomic E-state index is 11.6. The molecule has 88 valence electrons. The number of thioether (sulfide) groups is 1. The van der Waals surface area contributed by atoms with Crippen LogP contribution in [0.1, 0.15) is 10.4 Å². The lowest BCUT2D eigenvalue weighted by atomic mass is 10.2. The molecule has 0 aliphatic heterocycles. The van der Waals surface area contributed by atoms with Crippen LogP contribution in [-0.2, 0) is 0 Å². The summed E-state index contributed by atoms with van der Waals surface area (Å²) < 4.78 is 4.93. The number of rotatable bonds is 5. The molecule has 0 aliphatic rings. The van der Waals surface area contributed by atoms with E-state index in [4.69, 9.17) is 4.74 Å². The Balaban J connectivity index is 2.68. The molecule has 1 amide bonds. The zero-order valence-electron chi connectivity index (χ0n) is 9.32. The number of methoxy groups -OCH3 is 1. The Kier molecular flexibility index (Phi) is 4.98. The summed E-state index contributed by atoms with van der Waals surface area (Å²) in [6.45, 7) is 0.589. The van der Waals surface area contributed by atoms with Gasteiger partial charge in [-0.3, -0.25) is 4.79 Å². The Morgan fingerprint density at radius 3 is 2.88 bits per heavy atom. The Labute approximate surface area is 99.0 Å². The second-order valence-corrected chi connectivity index (χ2v) is 4.12. The molecule has 0 saturated carbocycles. The van der Waals surface area contributed by atoms with E-state index in [1.54, 1.807) is 23.9 Å². The third-order valence-corrected chi connectivity index (χ3v) is 2.65. The quantitative estimate of drug-likeness (QED) is 0.767. The number of phenolic OH excluding ortho intramolecular Hbond substituents is 1. The summed E-state index contributed by atoms with van der Waals surface area (Å²) in [5.74, 6) is 1.04. The van der Waals surface area contributed by atoms with E-state index in [2.05, 4.69) is 5.32 Å². The number of aromatic hydroxyl groups is 1. The SMILES string of the molecule is COc1ccc(C(=O)NCCSC)c(O)c1. The van der Waals surface area contributed by atoms with Gasteiger partial charge in [-0.1, -0.05) is 0 Å². The Morgan fingerprint density at radius 1 is 1.56 bits per heavy atom. The topological polar surface area (TPSA) is 58.6 Å². The van der Waals surface area contributed by atoms with Gasteiger partial charge >= 0.3 is 0 Å². The molecule has 1 rings (SSSR count). The van der Waals surface area contributed by atoms with Crippen molar-refractivity contribution in [2.45, 2.75) is 0 Å². The first-order chi connectivity index (χ1) is 7.69. The van der Waals surface area contributed by atoms with Crippen molar-refractivity contribution < 1.29 is 14.6 Å². The minimum absolute atomic E-state index is 0.0685. The van der Waals surface area contributed by atoms with Gasteiger partial charge in [0.05, 0.1) is 12.7 Å². The summed E-state index contributed by atoms with van der Waals surface area (Å²) in [6.07, 6.45) is 1.97. The molecule has 0 atom stereocenters. The monoisotopic (exact) mass is 241 g/mol. The number of benzene rings is 1. The number of nitrogens with one attached hydrogen (secondary N) is 1. The molecule has 16 heavy (non-hydrogen) atoms. The van der Waals surface area contributed by atoms with Crippen LogP contribution in [0.15, 0.2) is 18.2 Å². The predicted octanol–water partition coefficient (Wildman–Crippen LogP) is 1.49. The lowest BCUT2D eigenvalue weighted by molar-refractivity contribution is 0.0953. The fourth-order valence-corrected chi connectivity index (χ4v) is 1.50. The van der Waals surface area contributed by atoms with Crippen LogP contribution in [0, 0.1) is 0 Å². The number of carbonyl (C=O) groups excluding carboxylic acids is 1. The van der Waals surface area contributed by atoms with Crippen LogP contribution in [0.2, 0.25) is 0 Å². The highest BCUT2D eigenvalue weighted by Gasteiger charge is 2.10. The maximum Gasteiger partial charge on any atom is 0.255 e. The zero-order chi connectivity index (χ0) is 12.0. The summed E-state index contributed by atoms with van der Waals surface area (Å²) in [5.41, 5.74) is 0.266. The first-order valence-electron chi connectivity index (χ1n) is 4.83. The van der Waals surface area contributed by atoms with Crippen molar-refractivity contribution >= 4 is 17.7 Å². The molecule has 0 aliphatic carbocycles. The van der Waals surface area contributed by atoms with Crippen LogP contribution in [-0.4, -0.2) is 36.7 Å². The van der Waals surface area contributed by atoms with E-state index in [0.29, 0.717) is 12.3 Å². The number of hydrogen-bond acceptors (Lipinski definition) is 4. The van der Waals surface area contributed by atoms with Crippen molar-refractivity contribution in [2.24, 2.45) is 0 Å². The molecule has 5 heteroatoms. The first-order valence-corrected chi connectivity index (χ1v) is 6.22. The van der Waals surface area contributed by atoms with Crippen LogP contribution in [0.3, 0.4) is 0 Å². The Morgan fingerprint density at radius 2 is 2.31 bits per heavy atom. The highest BCUT2D eigenvalue weighted by atomic mass is 32.2. The molecule has 0 aromatic heterocycles. The Bertz CT molecular complexity index is 368. The molecule has 0 fully saturated rings. The van der Waals surface area contributed by atoms with E-state index in [1.807, 2.05) is 6.26 Å². The standard InChI is InChI=1S/C11H15NO3S/c1-15-8-3-4-9(10(13)7-8)11(14)12-5-6-16-2/h3-4,7,13H,5-6H2,1-2H3,(H,12,14). The third-order valence-electron chi connectivity index (χ3n) is 2.04. The van der Waals surface area contributed by atoms with Crippen LogP contribution in [0.25, 0.3) is 0 Å². The molecule has 0 bridgehead atoms. The molecule has 4 nitrogen and oxygen atoms in total. The van der Waals surface area contributed by atoms with E-state index < -0.39 is 0 Å². The average molecular weight is 241 g/mol. The van der Waals surface area contributed by atoms with Gasteiger partial charge in [-0.05, 0) is 18.4 Å². The van der Waals surface area contributed by atoms with E-state index in [0.717, 1.165) is 5.75 Å². The molecule has 0 radical (unpaired) electrons. The first kappa shape index (κ1) is 12.7. The van der Waals surface area contributed by atoms with Crippen molar-refractivity contribution in [1.29, 1.82) is 0 Å². The van der Waals surface area contributed by atoms with Gasteiger partial charge in [-0.2, -0.15) is 11.8 Å². The van der Waals surface area contributed by atoms with Crippen molar-refractivity contribution in [3.63, 3.8) is 0 Å².